The number of nitrogens with zero attached hydrogens (tertiary/aromatic N) is 1. The molecule has 112 valence electrons. The van der Waals surface area contributed by atoms with E-state index in [4.69, 9.17) is 5.11 Å². The van der Waals surface area contributed by atoms with E-state index in [9.17, 15) is 9.59 Å². The van der Waals surface area contributed by atoms with Crippen LogP contribution >= 0.6 is 0 Å². The maximum Gasteiger partial charge on any atom is 0.322 e. The predicted molar refractivity (Wildman–Crippen MR) is 79.4 cm³/mol. The van der Waals surface area contributed by atoms with E-state index in [1.54, 1.807) is 4.90 Å². The van der Waals surface area contributed by atoms with Crippen molar-refractivity contribution in [2.75, 3.05) is 11.4 Å². The van der Waals surface area contributed by atoms with E-state index in [1.807, 2.05) is 24.3 Å². The topological polar surface area (TPSA) is 69.6 Å². The van der Waals surface area contributed by atoms with Crippen LogP contribution in [-0.4, -0.2) is 29.7 Å². The fourth-order valence-corrected chi connectivity index (χ4v) is 3.35. The van der Waals surface area contributed by atoms with Crippen LogP contribution in [0.1, 0.15) is 31.2 Å². The lowest BCUT2D eigenvalue weighted by Gasteiger charge is -2.29. The van der Waals surface area contributed by atoms with Crippen molar-refractivity contribution in [3.8, 4) is 0 Å². The van der Waals surface area contributed by atoms with E-state index in [-0.39, 0.29) is 18.0 Å². The number of carbonyl (C=O) groups is 2. The number of hydrogen-bond donors (Lipinski definition) is 2. The second-order valence-electron chi connectivity index (χ2n) is 5.88. The number of anilines is 1. The normalized spacial score (nSPS) is 24.5. The van der Waals surface area contributed by atoms with Gasteiger partial charge >= 0.3 is 12.0 Å². The monoisotopic (exact) mass is 288 g/mol. The van der Waals surface area contributed by atoms with Crippen LogP contribution in [0.25, 0.3) is 0 Å². The molecule has 2 N–H and O–H groups in total. The highest BCUT2D eigenvalue weighted by molar-refractivity contribution is 5.94. The Hall–Kier alpha value is -2.04. The third kappa shape index (κ3) is 2.86. The molecule has 0 bridgehead atoms. The fourth-order valence-electron chi connectivity index (χ4n) is 3.35. The summed E-state index contributed by atoms with van der Waals surface area (Å²) in [6.45, 7) is 0.695. The molecule has 1 aromatic rings. The van der Waals surface area contributed by atoms with Gasteiger partial charge in [-0.2, -0.15) is 0 Å². The van der Waals surface area contributed by atoms with Crippen LogP contribution in [0.2, 0.25) is 0 Å². The Morgan fingerprint density at radius 2 is 2.05 bits per heavy atom. The van der Waals surface area contributed by atoms with Crippen LogP contribution in [0.5, 0.6) is 0 Å². The summed E-state index contributed by atoms with van der Waals surface area (Å²) in [4.78, 5) is 25.3. The van der Waals surface area contributed by atoms with Gasteiger partial charge < -0.3 is 10.4 Å². The highest BCUT2D eigenvalue weighted by Gasteiger charge is 2.30. The molecule has 3 rings (SSSR count). The van der Waals surface area contributed by atoms with Gasteiger partial charge in [0.25, 0.3) is 0 Å². The summed E-state index contributed by atoms with van der Waals surface area (Å²) >= 11 is 0. The second-order valence-corrected chi connectivity index (χ2v) is 5.88. The predicted octanol–water partition coefficient (Wildman–Crippen LogP) is 2.40. The number of rotatable bonds is 2. The lowest BCUT2D eigenvalue weighted by atomic mass is 9.86. The molecule has 1 heterocycles. The minimum absolute atomic E-state index is 0.0277. The minimum Gasteiger partial charge on any atom is -0.481 e. The van der Waals surface area contributed by atoms with Crippen molar-refractivity contribution in [1.29, 1.82) is 0 Å². The van der Waals surface area contributed by atoms with E-state index in [0.717, 1.165) is 24.9 Å². The number of nitrogens with one attached hydrogen (secondary N) is 1. The van der Waals surface area contributed by atoms with Crippen LogP contribution in [0, 0.1) is 5.92 Å². The average molecular weight is 288 g/mol. The Kier molecular flexibility index (Phi) is 3.82. The Labute approximate surface area is 123 Å². The molecule has 1 saturated carbocycles. The van der Waals surface area contributed by atoms with Gasteiger partial charge in [-0.15, -0.1) is 0 Å². The van der Waals surface area contributed by atoms with Crippen molar-refractivity contribution in [3.63, 3.8) is 0 Å². The highest BCUT2D eigenvalue weighted by Crippen LogP contribution is 2.28. The summed E-state index contributed by atoms with van der Waals surface area (Å²) in [5, 5.41) is 12.1. The number of hydrogen-bond acceptors (Lipinski definition) is 2. The number of para-hydroxylation sites is 1. The zero-order chi connectivity index (χ0) is 14.8. The van der Waals surface area contributed by atoms with Crippen molar-refractivity contribution in [1.82, 2.24) is 5.32 Å². The summed E-state index contributed by atoms with van der Waals surface area (Å²) in [5.74, 6) is -1.07. The average Bonchev–Trinajstić information content (AvgIpc) is 2.91. The number of aliphatic carboxylic acids is 1. The smallest absolute Gasteiger partial charge is 0.322 e. The SMILES string of the molecule is O=C(O)C1CCCC(NC(=O)N2CCc3ccccc32)C1. The minimum atomic E-state index is -0.750. The van der Waals surface area contributed by atoms with Crippen LogP contribution in [0.3, 0.4) is 0 Å². The summed E-state index contributed by atoms with van der Waals surface area (Å²) in [7, 11) is 0. The van der Waals surface area contributed by atoms with Crippen molar-refractivity contribution >= 4 is 17.7 Å². The quantitative estimate of drug-likeness (QED) is 0.878. The van der Waals surface area contributed by atoms with E-state index >= 15 is 0 Å². The molecule has 0 spiro atoms. The standard InChI is InChI=1S/C16H20N2O3/c19-15(20)12-5-3-6-13(10-12)17-16(21)18-9-8-11-4-1-2-7-14(11)18/h1-2,4,7,12-13H,3,5-6,8-10H2,(H,17,21)(H,19,20). The van der Waals surface area contributed by atoms with Gasteiger partial charge in [0, 0.05) is 18.3 Å². The number of carboxylic acid groups (broad SMARTS) is 1. The molecule has 2 aliphatic rings. The van der Waals surface area contributed by atoms with Crippen molar-refractivity contribution < 1.29 is 14.7 Å². The molecule has 2 atom stereocenters. The molecule has 1 fully saturated rings. The Bertz CT molecular complexity index is 558. The maximum absolute atomic E-state index is 12.4. The number of amides is 2. The summed E-state index contributed by atoms with van der Waals surface area (Å²) in [5.41, 5.74) is 2.17. The van der Waals surface area contributed by atoms with E-state index < -0.39 is 5.97 Å². The molecule has 1 aromatic carbocycles. The molecule has 1 aliphatic carbocycles. The summed E-state index contributed by atoms with van der Waals surface area (Å²) in [6, 6.07) is 7.80. The summed E-state index contributed by atoms with van der Waals surface area (Å²) < 4.78 is 0. The number of carbonyl (C=O) groups excluding carboxylic acids is 1. The van der Waals surface area contributed by atoms with Gasteiger partial charge in [0.05, 0.1) is 5.92 Å². The van der Waals surface area contributed by atoms with Crippen molar-refractivity contribution in [3.05, 3.63) is 29.8 Å². The molecule has 5 nitrogen and oxygen atoms in total. The molecule has 0 radical (unpaired) electrons. The Balaban J connectivity index is 1.63. The molecule has 5 heteroatoms. The van der Waals surface area contributed by atoms with Crippen molar-refractivity contribution in [2.45, 2.75) is 38.1 Å². The first-order valence-electron chi connectivity index (χ1n) is 7.54. The first kappa shape index (κ1) is 13.9. The van der Waals surface area contributed by atoms with Crippen LogP contribution in [0.15, 0.2) is 24.3 Å². The van der Waals surface area contributed by atoms with Gasteiger partial charge in [-0.1, -0.05) is 24.6 Å². The van der Waals surface area contributed by atoms with Gasteiger partial charge in [0.2, 0.25) is 0 Å². The number of carboxylic acids is 1. The Morgan fingerprint density at radius 1 is 1.24 bits per heavy atom. The third-order valence-corrected chi connectivity index (χ3v) is 4.48. The first-order chi connectivity index (χ1) is 10.1. The Morgan fingerprint density at radius 3 is 2.86 bits per heavy atom. The van der Waals surface area contributed by atoms with Crippen LogP contribution in [0.4, 0.5) is 10.5 Å². The van der Waals surface area contributed by atoms with E-state index in [0.29, 0.717) is 19.4 Å². The van der Waals surface area contributed by atoms with Crippen molar-refractivity contribution in [2.24, 2.45) is 5.92 Å². The molecule has 2 unspecified atom stereocenters. The number of benzene rings is 1. The second kappa shape index (κ2) is 5.76. The van der Waals surface area contributed by atoms with Crippen LogP contribution in [-0.2, 0) is 11.2 Å². The molecule has 0 saturated heterocycles. The summed E-state index contributed by atoms with van der Waals surface area (Å²) in [6.07, 6.45) is 3.86. The zero-order valence-corrected chi connectivity index (χ0v) is 11.9. The highest BCUT2D eigenvalue weighted by atomic mass is 16.4. The third-order valence-electron chi connectivity index (χ3n) is 4.48. The van der Waals surface area contributed by atoms with Gasteiger partial charge in [0.1, 0.15) is 0 Å². The molecule has 21 heavy (non-hydrogen) atoms. The zero-order valence-electron chi connectivity index (χ0n) is 11.9. The number of urea groups is 1. The number of fused-ring (bicyclic) bond motifs is 1. The van der Waals surface area contributed by atoms with E-state index in [1.165, 1.54) is 5.56 Å². The molecular weight excluding hydrogens is 268 g/mol. The van der Waals surface area contributed by atoms with Crippen LogP contribution < -0.4 is 10.2 Å². The fraction of sp³-hybridized carbons (Fsp3) is 0.500. The molecular formula is C16H20N2O3. The molecule has 1 aliphatic heterocycles. The van der Waals surface area contributed by atoms with Gasteiger partial charge in [-0.25, -0.2) is 4.79 Å². The first-order valence-corrected chi connectivity index (χ1v) is 7.54. The van der Waals surface area contributed by atoms with Gasteiger partial charge in [-0.3, -0.25) is 9.69 Å². The lowest BCUT2D eigenvalue weighted by Crippen LogP contribution is -2.46. The van der Waals surface area contributed by atoms with E-state index in [2.05, 4.69) is 5.32 Å². The van der Waals surface area contributed by atoms with Gasteiger partial charge in [0.15, 0.2) is 0 Å². The largest absolute Gasteiger partial charge is 0.481 e. The van der Waals surface area contributed by atoms with Gasteiger partial charge in [-0.05, 0) is 37.3 Å². The molecule has 2 amide bonds. The lowest BCUT2D eigenvalue weighted by molar-refractivity contribution is -0.143. The molecule has 0 aromatic heterocycles. The maximum atomic E-state index is 12.4.